The van der Waals surface area contributed by atoms with E-state index in [1.54, 1.807) is 0 Å². The van der Waals surface area contributed by atoms with E-state index in [1.165, 1.54) is 12.5 Å². The minimum atomic E-state index is -1.31. The molecule has 0 aliphatic carbocycles. The molecule has 0 unspecified atom stereocenters. The summed E-state index contributed by atoms with van der Waals surface area (Å²) in [5.41, 5.74) is 1.39. The lowest BCUT2D eigenvalue weighted by Gasteiger charge is -2.30. The first-order valence-electron chi connectivity index (χ1n) is 11.7. The highest BCUT2D eigenvalue weighted by molar-refractivity contribution is 5.97. The van der Waals surface area contributed by atoms with E-state index in [2.05, 4.69) is 31.2 Å². The molecule has 6 N–H and O–H groups in total. The van der Waals surface area contributed by atoms with E-state index in [4.69, 9.17) is 0 Å². The number of carbonyl (C=O) groups excluding carboxylic acids is 4. The summed E-state index contributed by atoms with van der Waals surface area (Å²) in [6.07, 6.45) is 3.81. The van der Waals surface area contributed by atoms with E-state index in [-0.39, 0.29) is 18.8 Å². The summed E-state index contributed by atoms with van der Waals surface area (Å²) in [6.45, 7) is 3.04. The van der Waals surface area contributed by atoms with Crippen molar-refractivity contribution < 1.29 is 24.3 Å². The number of aliphatic hydroxyl groups excluding tert-OH is 1. The van der Waals surface area contributed by atoms with Crippen LogP contribution in [-0.4, -0.2) is 69.5 Å². The number of imidazole rings is 1. The van der Waals surface area contributed by atoms with E-state index < -0.39 is 54.4 Å². The lowest BCUT2D eigenvalue weighted by molar-refractivity contribution is -0.137. The normalized spacial score (nSPS) is 24.8. The lowest BCUT2D eigenvalue weighted by atomic mass is 9.96. The van der Waals surface area contributed by atoms with Crippen molar-refractivity contribution in [3.63, 3.8) is 0 Å². The van der Waals surface area contributed by atoms with Crippen LogP contribution in [0.5, 0.6) is 0 Å². The molecule has 5 atom stereocenters. The van der Waals surface area contributed by atoms with Crippen LogP contribution >= 0.6 is 0 Å². The van der Waals surface area contributed by atoms with Gasteiger partial charge in [-0.25, -0.2) is 4.98 Å². The minimum Gasteiger partial charge on any atom is -0.394 e. The molecule has 188 valence electrons. The van der Waals surface area contributed by atoms with Crippen molar-refractivity contribution in [1.29, 1.82) is 0 Å². The fraction of sp³-hybridized carbons (Fsp3) is 0.458. The summed E-state index contributed by atoms with van der Waals surface area (Å²) in [7, 11) is 0. The molecule has 1 aliphatic rings. The smallest absolute Gasteiger partial charge is 0.245 e. The molecule has 0 radical (unpaired) electrons. The van der Waals surface area contributed by atoms with Gasteiger partial charge in [0.15, 0.2) is 0 Å². The molecule has 1 aliphatic heterocycles. The van der Waals surface area contributed by atoms with Gasteiger partial charge in [-0.15, -0.1) is 0 Å². The Morgan fingerprint density at radius 3 is 2.09 bits per heavy atom. The van der Waals surface area contributed by atoms with Gasteiger partial charge in [-0.05, 0) is 11.5 Å². The standard InChI is InChI=1S/C24H32N6O5/c1-3-14(2)20-24(35)28-17(9-15-7-5-4-6-8-15)21(32)29-19(12-31)23(34)27-18(22(33)30-20)10-16-11-25-13-26-16/h4-8,11,13-14,17-20,31H,3,9-10,12H2,1-2H3,(H,25,26)(H,27,34)(H,28,35)(H,29,32)(H,30,33)/t14-,17-,18-,19-,20-/m0/s1. The Morgan fingerprint density at radius 2 is 1.46 bits per heavy atom. The van der Waals surface area contributed by atoms with Gasteiger partial charge in [0.2, 0.25) is 23.6 Å². The second kappa shape index (κ2) is 12.1. The third-order valence-electron chi connectivity index (χ3n) is 6.14. The van der Waals surface area contributed by atoms with Crippen molar-refractivity contribution in [2.75, 3.05) is 6.61 Å². The maximum Gasteiger partial charge on any atom is 0.245 e. The topological polar surface area (TPSA) is 165 Å². The van der Waals surface area contributed by atoms with Crippen LogP contribution in [0.2, 0.25) is 0 Å². The zero-order valence-electron chi connectivity index (χ0n) is 19.8. The Morgan fingerprint density at radius 1 is 0.857 bits per heavy atom. The maximum absolute atomic E-state index is 13.3. The molecule has 0 saturated carbocycles. The van der Waals surface area contributed by atoms with Crippen molar-refractivity contribution in [1.82, 2.24) is 31.2 Å². The molecular formula is C24H32N6O5. The summed E-state index contributed by atoms with van der Waals surface area (Å²) in [4.78, 5) is 59.4. The summed E-state index contributed by atoms with van der Waals surface area (Å²) < 4.78 is 0. The molecule has 4 amide bonds. The fourth-order valence-corrected chi connectivity index (χ4v) is 3.84. The minimum absolute atomic E-state index is 0.0785. The van der Waals surface area contributed by atoms with Gasteiger partial charge in [0.05, 0.1) is 12.9 Å². The Labute approximate surface area is 203 Å². The molecule has 1 saturated heterocycles. The van der Waals surface area contributed by atoms with E-state index in [0.717, 1.165) is 5.56 Å². The highest BCUT2D eigenvalue weighted by Gasteiger charge is 2.35. The van der Waals surface area contributed by atoms with Gasteiger partial charge in [-0.1, -0.05) is 50.6 Å². The number of hydrogen-bond donors (Lipinski definition) is 6. The molecule has 1 fully saturated rings. The number of aromatic amines is 1. The number of amides is 4. The Bertz CT molecular complexity index is 1010. The molecule has 0 bridgehead atoms. The van der Waals surface area contributed by atoms with Gasteiger partial charge in [0.25, 0.3) is 0 Å². The van der Waals surface area contributed by atoms with Crippen LogP contribution in [-0.2, 0) is 32.0 Å². The van der Waals surface area contributed by atoms with Gasteiger partial charge in [0, 0.05) is 24.7 Å². The highest BCUT2D eigenvalue weighted by Crippen LogP contribution is 2.12. The molecular weight excluding hydrogens is 452 g/mol. The van der Waals surface area contributed by atoms with E-state index >= 15 is 0 Å². The van der Waals surface area contributed by atoms with Crippen molar-refractivity contribution in [3.05, 3.63) is 54.1 Å². The quantitative estimate of drug-likeness (QED) is 0.301. The van der Waals surface area contributed by atoms with Gasteiger partial charge >= 0.3 is 0 Å². The number of H-pyrrole nitrogens is 1. The number of nitrogens with one attached hydrogen (secondary N) is 5. The number of hydrogen-bond acceptors (Lipinski definition) is 6. The van der Waals surface area contributed by atoms with Gasteiger partial charge < -0.3 is 31.4 Å². The largest absolute Gasteiger partial charge is 0.394 e. The molecule has 2 aromatic rings. The van der Waals surface area contributed by atoms with Gasteiger partial charge in [-0.2, -0.15) is 0 Å². The van der Waals surface area contributed by atoms with Crippen LogP contribution in [0.15, 0.2) is 42.9 Å². The second-order valence-corrected chi connectivity index (χ2v) is 8.71. The lowest BCUT2D eigenvalue weighted by Crippen LogP contribution is -2.63. The van der Waals surface area contributed by atoms with E-state index in [9.17, 15) is 24.3 Å². The monoisotopic (exact) mass is 484 g/mol. The molecule has 3 rings (SSSR count). The summed E-state index contributed by atoms with van der Waals surface area (Å²) in [5.74, 6) is -2.63. The average molecular weight is 485 g/mol. The van der Waals surface area contributed by atoms with Crippen molar-refractivity contribution in [2.24, 2.45) is 5.92 Å². The molecule has 2 heterocycles. The highest BCUT2D eigenvalue weighted by atomic mass is 16.3. The predicted octanol–water partition coefficient (Wildman–Crippen LogP) is -0.814. The fourth-order valence-electron chi connectivity index (χ4n) is 3.84. The summed E-state index contributed by atoms with van der Waals surface area (Å²) >= 11 is 0. The first-order valence-corrected chi connectivity index (χ1v) is 11.7. The summed E-state index contributed by atoms with van der Waals surface area (Å²) in [5, 5.41) is 20.4. The van der Waals surface area contributed by atoms with E-state index in [1.807, 2.05) is 44.2 Å². The summed E-state index contributed by atoms with van der Waals surface area (Å²) in [6, 6.07) is 4.80. The van der Waals surface area contributed by atoms with Gasteiger partial charge in [-0.3, -0.25) is 19.2 Å². The van der Waals surface area contributed by atoms with E-state index in [0.29, 0.717) is 12.1 Å². The van der Waals surface area contributed by atoms with Crippen LogP contribution in [0.25, 0.3) is 0 Å². The van der Waals surface area contributed by atoms with Crippen molar-refractivity contribution in [3.8, 4) is 0 Å². The number of aromatic nitrogens is 2. The third kappa shape index (κ3) is 6.89. The number of aliphatic hydroxyl groups is 1. The molecule has 11 nitrogen and oxygen atoms in total. The van der Waals surface area contributed by atoms with Crippen LogP contribution in [0.1, 0.15) is 31.5 Å². The number of nitrogens with zero attached hydrogens (tertiary/aromatic N) is 1. The van der Waals surface area contributed by atoms with Crippen LogP contribution in [0.4, 0.5) is 0 Å². The van der Waals surface area contributed by atoms with Crippen LogP contribution < -0.4 is 21.3 Å². The first-order chi connectivity index (χ1) is 16.8. The van der Waals surface area contributed by atoms with Crippen molar-refractivity contribution in [2.45, 2.75) is 57.3 Å². The molecule has 35 heavy (non-hydrogen) atoms. The predicted molar refractivity (Wildman–Crippen MR) is 127 cm³/mol. The molecule has 11 heteroatoms. The average Bonchev–Trinajstić information content (AvgIpc) is 3.37. The Kier molecular flexibility index (Phi) is 8.96. The van der Waals surface area contributed by atoms with Crippen LogP contribution in [0, 0.1) is 5.92 Å². The number of benzene rings is 1. The van der Waals surface area contributed by atoms with Gasteiger partial charge in [0.1, 0.15) is 24.2 Å². The van der Waals surface area contributed by atoms with Crippen LogP contribution in [0.3, 0.4) is 0 Å². The molecule has 1 aromatic heterocycles. The molecule has 0 spiro atoms. The molecule has 1 aromatic carbocycles. The third-order valence-corrected chi connectivity index (χ3v) is 6.14. The number of rotatable bonds is 7. The van der Waals surface area contributed by atoms with Crippen molar-refractivity contribution >= 4 is 23.6 Å². The number of carbonyl (C=O) groups is 4. The zero-order chi connectivity index (χ0) is 25.4. The zero-order valence-corrected chi connectivity index (χ0v) is 19.8. The Balaban J connectivity index is 1.93. The maximum atomic E-state index is 13.3. The first kappa shape index (κ1) is 25.9. The SMILES string of the molecule is CC[C@H](C)[C@@H]1NC(=O)[C@H](Cc2cnc[nH]2)NC(=O)[C@H](CO)NC(=O)[C@H](Cc2ccccc2)NC1=O. The second-order valence-electron chi connectivity index (χ2n) is 8.71. The Hall–Kier alpha value is -3.73.